The standard InChI is InChI=1S/C20H35N3O2S.HI/c1-21-19(22-12-6-7-13-25-15-14-24-2)23-17-20(10-4-3-5-11-20)18-9-8-16-26-18;/h8-9,16H,3-7,10-15,17H2,1-2H3,(H2,21,22,23);1H. The summed E-state index contributed by atoms with van der Waals surface area (Å²) < 4.78 is 10.5. The third kappa shape index (κ3) is 8.66. The van der Waals surface area contributed by atoms with Crippen LogP contribution in [0, 0.1) is 0 Å². The number of rotatable bonds is 11. The van der Waals surface area contributed by atoms with Gasteiger partial charge in [-0.1, -0.05) is 25.3 Å². The second-order valence-corrected chi connectivity index (χ2v) is 7.93. The second-order valence-electron chi connectivity index (χ2n) is 6.98. The monoisotopic (exact) mass is 509 g/mol. The Hall–Kier alpha value is -0.380. The first-order valence-electron chi connectivity index (χ1n) is 9.86. The maximum Gasteiger partial charge on any atom is 0.191 e. The Bertz CT molecular complexity index is 505. The minimum atomic E-state index is 0. The van der Waals surface area contributed by atoms with Crippen molar-refractivity contribution in [3.8, 4) is 0 Å². The van der Waals surface area contributed by atoms with Gasteiger partial charge in [0.1, 0.15) is 0 Å². The number of ether oxygens (including phenoxy) is 2. The molecule has 0 aromatic carbocycles. The van der Waals surface area contributed by atoms with Crippen LogP contribution in [-0.4, -0.2) is 53.0 Å². The van der Waals surface area contributed by atoms with Gasteiger partial charge in [0.05, 0.1) is 13.2 Å². The van der Waals surface area contributed by atoms with Crippen molar-refractivity contribution in [2.24, 2.45) is 4.99 Å². The van der Waals surface area contributed by atoms with Crippen LogP contribution < -0.4 is 10.6 Å². The van der Waals surface area contributed by atoms with Crippen molar-refractivity contribution >= 4 is 41.3 Å². The van der Waals surface area contributed by atoms with Gasteiger partial charge in [-0.2, -0.15) is 0 Å². The summed E-state index contributed by atoms with van der Waals surface area (Å²) in [5, 5.41) is 9.22. The molecule has 27 heavy (non-hydrogen) atoms. The van der Waals surface area contributed by atoms with Gasteiger partial charge in [-0.15, -0.1) is 35.3 Å². The zero-order valence-corrected chi connectivity index (χ0v) is 19.9. The van der Waals surface area contributed by atoms with Crippen LogP contribution in [0.25, 0.3) is 0 Å². The molecule has 7 heteroatoms. The molecule has 156 valence electrons. The molecule has 0 unspecified atom stereocenters. The number of thiophene rings is 1. The van der Waals surface area contributed by atoms with Gasteiger partial charge in [-0.3, -0.25) is 4.99 Å². The molecule has 1 aromatic heterocycles. The summed E-state index contributed by atoms with van der Waals surface area (Å²) in [6, 6.07) is 4.48. The lowest BCUT2D eigenvalue weighted by Gasteiger charge is -2.37. The van der Waals surface area contributed by atoms with Gasteiger partial charge >= 0.3 is 0 Å². The van der Waals surface area contributed by atoms with Crippen molar-refractivity contribution < 1.29 is 9.47 Å². The van der Waals surface area contributed by atoms with Gasteiger partial charge in [0.2, 0.25) is 0 Å². The van der Waals surface area contributed by atoms with Crippen molar-refractivity contribution in [2.45, 2.75) is 50.4 Å². The van der Waals surface area contributed by atoms with Gasteiger partial charge in [-0.25, -0.2) is 0 Å². The van der Waals surface area contributed by atoms with E-state index in [9.17, 15) is 0 Å². The fourth-order valence-electron chi connectivity index (χ4n) is 3.57. The Kier molecular flexibility index (Phi) is 13.3. The average Bonchev–Trinajstić information content (AvgIpc) is 3.22. The zero-order valence-electron chi connectivity index (χ0n) is 16.8. The summed E-state index contributed by atoms with van der Waals surface area (Å²) in [5.41, 5.74) is 0.277. The van der Waals surface area contributed by atoms with E-state index in [1.54, 1.807) is 7.11 Å². The third-order valence-electron chi connectivity index (χ3n) is 5.11. The molecule has 0 radical (unpaired) electrons. The summed E-state index contributed by atoms with van der Waals surface area (Å²) in [5.74, 6) is 0.909. The Morgan fingerprint density at radius 2 is 1.96 bits per heavy atom. The van der Waals surface area contributed by atoms with Crippen molar-refractivity contribution in [1.29, 1.82) is 0 Å². The lowest BCUT2D eigenvalue weighted by Crippen LogP contribution is -2.46. The predicted molar refractivity (Wildman–Crippen MR) is 126 cm³/mol. The Morgan fingerprint density at radius 1 is 1.15 bits per heavy atom. The highest BCUT2D eigenvalue weighted by Crippen LogP contribution is 2.41. The normalized spacial score (nSPS) is 16.6. The predicted octanol–water partition coefficient (Wildman–Crippen LogP) is 4.18. The molecule has 1 aliphatic rings. The molecule has 0 saturated heterocycles. The molecule has 1 aromatic rings. The van der Waals surface area contributed by atoms with Crippen LogP contribution in [0.2, 0.25) is 0 Å². The van der Waals surface area contributed by atoms with E-state index in [-0.39, 0.29) is 29.4 Å². The number of halogens is 1. The highest BCUT2D eigenvalue weighted by Gasteiger charge is 2.34. The molecule has 2 N–H and O–H groups in total. The van der Waals surface area contributed by atoms with E-state index in [1.165, 1.54) is 37.0 Å². The van der Waals surface area contributed by atoms with Crippen LogP contribution in [-0.2, 0) is 14.9 Å². The first-order chi connectivity index (χ1) is 12.8. The molecule has 5 nitrogen and oxygen atoms in total. The van der Waals surface area contributed by atoms with E-state index in [4.69, 9.17) is 9.47 Å². The Labute approximate surface area is 185 Å². The quantitative estimate of drug-likeness (QED) is 0.204. The molecule has 0 spiro atoms. The maximum absolute atomic E-state index is 5.49. The topological polar surface area (TPSA) is 54.9 Å². The molecule has 1 aliphatic carbocycles. The van der Waals surface area contributed by atoms with Crippen LogP contribution in [0.15, 0.2) is 22.5 Å². The van der Waals surface area contributed by atoms with Gasteiger partial charge in [0.25, 0.3) is 0 Å². The fourth-order valence-corrected chi connectivity index (χ4v) is 4.56. The number of guanidine groups is 1. The van der Waals surface area contributed by atoms with E-state index < -0.39 is 0 Å². The average molecular weight is 509 g/mol. The molecule has 0 amide bonds. The fraction of sp³-hybridized carbons (Fsp3) is 0.750. The minimum absolute atomic E-state index is 0. The van der Waals surface area contributed by atoms with Crippen molar-refractivity contribution in [3.05, 3.63) is 22.4 Å². The molecule has 2 rings (SSSR count). The van der Waals surface area contributed by atoms with Crippen molar-refractivity contribution in [2.75, 3.05) is 47.1 Å². The second kappa shape index (κ2) is 14.6. The minimum Gasteiger partial charge on any atom is -0.382 e. The number of methoxy groups -OCH3 is 1. The van der Waals surface area contributed by atoms with Gasteiger partial charge in [0, 0.05) is 44.1 Å². The summed E-state index contributed by atoms with van der Waals surface area (Å²) >= 11 is 1.90. The lowest BCUT2D eigenvalue weighted by molar-refractivity contribution is 0.0689. The number of hydrogen-bond acceptors (Lipinski definition) is 4. The zero-order chi connectivity index (χ0) is 18.5. The molecular weight excluding hydrogens is 473 g/mol. The van der Waals surface area contributed by atoms with Gasteiger partial charge in [-0.05, 0) is 37.1 Å². The molecule has 0 bridgehead atoms. The highest BCUT2D eigenvalue weighted by molar-refractivity contribution is 14.0. The highest BCUT2D eigenvalue weighted by atomic mass is 127. The first kappa shape index (κ1) is 24.7. The van der Waals surface area contributed by atoms with Crippen LogP contribution in [0.3, 0.4) is 0 Å². The number of aliphatic imine (C=N–C) groups is 1. The number of hydrogen-bond donors (Lipinski definition) is 2. The molecule has 1 saturated carbocycles. The lowest BCUT2D eigenvalue weighted by atomic mass is 9.73. The first-order valence-corrected chi connectivity index (χ1v) is 10.7. The summed E-state index contributed by atoms with van der Waals surface area (Å²) in [4.78, 5) is 5.91. The summed E-state index contributed by atoms with van der Waals surface area (Å²) in [6.45, 7) is 4.02. The van der Waals surface area contributed by atoms with E-state index in [2.05, 4.69) is 33.1 Å². The van der Waals surface area contributed by atoms with E-state index in [1.807, 2.05) is 18.4 Å². The van der Waals surface area contributed by atoms with Crippen LogP contribution in [0.1, 0.15) is 49.8 Å². The number of nitrogens with zero attached hydrogens (tertiary/aromatic N) is 1. The van der Waals surface area contributed by atoms with Crippen molar-refractivity contribution in [3.63, 3.8) is 0 Å². The smallest absolute Gasteiger partial charge is 0.191 e. The third-order valence-corrected chi connectivity index (χ3v) is 6.23. The summed E-state index contributed by atoms with van der Waals surface area (Å²) in [7, 11) is 3.55. The summed E-state index contributed by atoms with van der Waals surface area (Å²) in [6.07, 6.45) is 8.69. The number of nitrogens with one attached hydrogen (secondary N) is 2. The van der Waals surface area contributed by atoms with E-state index in [0.717, 1.165) is 38.5 Å². The SMILES string of the molecule is CN=C(NCCCCOCCOC)NCC1(c2cccs2)CCCCC1.I. The van der Waals surface area contributed by atoms with Crippen LogP contribution >= 0.6 is 35.3 Å². The molecule has 1 heterocycles. The van der Waals surface area contributed by atoms with Gasteiger partial charge < -0.3 is 20.1 Å². The van der Waals surface area contributed by atoms with Gasteiger partial charge in [0.15, 0.2) is 5.96 Å². The molecule has 0 aliphatic heterocycles. The van der Waals surface area contributed by atoms with E-state index >= 15 is 0 Å². The van der Waals surface area contributed by atoms with Crippen LogP contribution in [0.4, 0.5) is 0 Å². The van der Waals surface area contributed by atoms with E-state index in [0.29, 0.717) is 13.2 Å². The molecular formula is C20H36IN3O2S. The number of unbranched alkanes of at least 4 members (excludes halogenated alkanes) is 1. The largest absolute Gasteiger partial charge is 0.382 e. The Balaban J connectivity index is 0.00000364. The van der Waals surface area contributed by atoms with Crippen LogP contribution in [0.5, 0.6) is 0 Å². The maximum atomic E-state index is 5.49. The van der Waals surface area contributed by atoms with Crippen molar-refractivity contribution in [1.82, 2.24) is 10.6 Å². The Morgan fingerprint density at radius 3 is 2.63 bits per heavy atom. The molecule has 1 fully saturated rings. The molecule has 0 atom stereocenters.